The van der Waals surface area contributed by atoms with Crippen molar-refractivity contribution in [2.45, 2.75) is 6.92 Å². The summed E-state index contributed by atoms with van der Waals surface area (Å²) in [5.41, 5.74) is 1.46. The minimum atomic E-state index is -0.485. The van der Waals surface area contributed by atoms with E-state index < -0.39 is 5.97 Å². The zero-order valence-electron chi connectivity index (χ0n) is 15.0. The standard InChI is InChI=1S/C23H16O5/c1-15-6-5-9-17(12-15)27-21-14-26-20-13-18(10-11-19(20)22(21)24)28-23(25)16-7-3-2-4-8-16/h2-14H,1H3. The van der Waals surface area contributed by atoms with Crippen molar-refractivity contribution in [3.63, 3.8) is 0 Å². The highest BCUT2D eigenvalue weighted by Crippen LogP contribution is 2.25. The van der Waals surface area contributed by atoms with Crippen molar-refractivity contribution in [2.24, 2.45) is 0 Å². The summed E-state index contributed by atoms with van der Waals surface area (Å²) in [4.78, 5) is 24.8. The summed E-state index contributed by atoms with van der Waals surface area (Å²) in [6.07, 6.45) is 1.26. The van der Waals surface area contributed by atoms with Gasteiger partial charge in [0.2, 0.25) is 11.2 Å². The lowest BCUT2D eigenvalue weighted by atomic mass is 10.2. The molecule has 0 radical (unpaired) electrons. The number of hydrogen-bond donors (Lipinski definition) is 0. The van der Waals surface area contributed by atoms with Gasteiger partial charge < -0.3 is 13.9 Å². The number of carbonyl (C=O) groups excluding carboxylic acids is 1. The first kappa shape index (κ1) is 17.5. The molecule has 4 rings (SSSR count). The molecule has 0 saturated carbocycles. The number of rotatable bonds is 4. The van der Waals surface area contributed by atoms with Crippen LogP contribution in [0.3, 0.4) is 0 Å². The number of esters is 1. The summed E-state index contributed by atoms with van der Waals surface area (Å²) in [5, 5.41) is 0.338. The van der Waals surface area contributed by atoms with Crippen LogP contribution in [-0.4, -0.2) is 5.97 Å². The minimum absolute atomic E-state index is 0.0899. The molecule has 4 aromatic rings. The Hall–Kier alpha value is -3.86. The van der Waals surface area contributed by atoms with Gasteiger partial charge in [-0.05, 0) is 48.9 Å². The maximum atomic E-state index is 12.7. The Bertz CT molecular complexity index is 1210. The molecule has 0 aliphatic heterocycles. The predicted octanol–water partition coefficient (Wildman–Crippen LogP) is 5.11. The van der Waals surface area contributed by atoms with Crippen molar-refractivity contribution < 1.29 is 18.7 Å². The highest BCUT2D eigenvalue weighted by Gasteiger charge is 2.13. The fourth-order valence-corrected chi connectivity index (χ4v) is 2.77. The van der Waals surface area contributed by atoms with Gasteiger partial charge in [0.1, 0.15) is 23.3 Å². The van der Waals surface area contributed by atoms with Crippen LogP contribution in [0, 0.1) is 6.92 Å². The van der Waals surface area contributed by atoms with E-state index >= 15 is 0 Å². The number of carbonyl (C=O) groups is 1. The van der Waals surface area contributed by atoms with Crippen LogP contribution in [0.25, 0.3) is 11.0 Å². The lowest BCUT2D eigenvalue weighted by Crippen LogP contribution is -2.09. The van der Waals surface area contributed by atoms with Gasteiger partial charge >= 0.3 is 5.97 Å². The molecule has 5 heteroatoms. The zero-order chi connectivity index (χ0) is 19.5. The molecule has 0 atom stereocenters. The van der Waals surface area contributed by atoms with Crippen molar-refractivity contribution in [1.29, 1.82) is 0 Å². The van der Waals surface area contributed by atoms with Crippen molar-refractivity contribution in [3.05, 3.63) is 100 Å². The predicted molar refractivity (Wildman–Crippen MR) is 105 cm³/mol. The number of ether oxygens (including phenoxy) is 2. The smallest absolute Gasteiger partial charge is 0.343 e. The Kier molecular flexibility index (Phi) is 4.64. The van der Waals surface area contributed by atoms with Gasteiger partial charge in [-0.1, -0.05) is 30.3 Å². The highest BCUT2D eigenvalue weighted by molar-refractivity contribution is 5.91. The molecule has 28 heavy (non-hydrogen) atoms. The molecule has 0 aliphatic rings. The van der Waals surface area contributed by atoms with Crippen LogP contribution < -0.4 is 14.9 Å². The molecule has 0 amide bonds. The molecule has 5 nitrogen and oxygen atoms in total. The molecule has 0 unspecified atom stereocenters. The first-order valence-electron chi connectivity index (χ1n) is 8.67. The van der Waals surface area contributed by atoms with Crippen LogP contribution in [0.15, 0.2) is 88.3 Å². The Morgan fingerprint density at radius 2 is 1.71 bits per heavy atom. The number of benzene rings is 3. The average Bonchev–Trinajstić information content (AvgIpc) is 2.71. The van der Waals surface area contributed by atoms with Crippen LogP contribution in [0.1, 0.15) is 15.9 Å². The van der Waals surface area contributed by atoms with Gasteiger partial charge in [-0.15, -0.1) is 0 Å². The molecule has 1 aromatic heterocycles. The van der Waals surface area contributed by atoms with Gasteiger partial charge in [0, 0.05) is 6.07 Å². The van der Waals surface area contributed by atoms with Gasteiger partial charge in [-0.2, -0.15) is 0 Å². The lowest BCUT2D eigenvalue weighted by Gasteiger charge is -2.08. The van der Waals surface area contributed by atoms with E-state index in [2.05, 4.69) is 0 Å². The molecular weight excluding hydrogens is 356 g/mol. The zero-order valence-corrected chi connectivity index (χ0v) is 15.0. The molecule has 0 aliphatic carbocycles. The summed E-state index contributed by atoms with van der Waals surface area (Å²) in [6.45, 7) is 1.94. The molecular formula is C23H16O5. The van der Waals surface area contributed by atoms with E-state index in [4.69, 9.17) is 13.9 Å². The summed E-state index contributed by atoms with van der Waals surface area (Å²) in [5.74, 6) is 0.450. The van der Waals surface area contributed by atoms with E-state index in [1.807, 2.05) is 31.2 Å². The maximum absolute atomic E-state index is 12.7. The summed E-state index contributed by atoms with van der Waals surface area (Å²) < 4.78 is 16.6. The van der Waals surface area contributed by atoms with Gasteiger partial charge in [0.15, 0.2) is 0 Å². The number of aryl methyl sites for hydroxylation is 1. The first-order chi connectivity index (χ1) is 13.6. The van der Waals surface area contributed by atoms with Crippen molar-refractivity contribution in [2.75, 3.05) is 0 Å². The third kappa shape index (κ3) is 3.64. The first-order valence-corrected chi connectivity index (χ1v) is 8.67. The highest BCUT2D eigenvalue weighted by atomic mass is 16.5. The monoisotopic (exact) mass is 372 g/mol. The Labute approximate surface area is 160 Å². The minimum Gasteiger partial charge on any atom is -0.460 e. The molecule has 3 aromatic carbocycles. The summed E-state index contributed by atoms with van der Waals surface area (Å²) in [7, 11) is 0. The largest absolute Gasteiger partial charge is 0.460 e. The fraction of sp³-hybridized carbons (Fsp3) is 0.0435. The van der Waals surface area contributed by atoms with Crippen LogP contribution in [0.4, 0.5) is 0 Å². The molecule has 0 saturated heterocycles. The molecule has 0 N–H and O–H groups in total. The van der Waals surface area contributed by atoms with Gasteiger partial charge in [0.05, 0.1) is 10.9 Å². The Balaban J connectivity index is 1.61. The molecule has 0 fully saturated rings. The van der Waals surface area contributed by atoms with E-state index in [0.29, 0.717) is 22.3 Å². The average molecular weight is 372 g/mol. The van der Waals surface area contributed by atoms with Crippen molar-refractivity contribution in [1.82, 2.24) is 0 Å². The lowest BCUT2D eigenvalue weighted by molar-refractivity contribution is 0.0735. The second-order valence-corrected chi connectivity index (χ2v) is 6.26. The van der Waals surface area contributed by atoms with E-state index in [1.54, 1.807) is 42.5 Å². The van der Waals surface area contributed by atoms with E-state index in [-0.39, 0.29) is 16.9 Å². The third-order valence-electron chi connectivity index (χ3n) is 4.15. The number of fused-ring (bicyclic) bond motifs is 1. The van der Waals surface area contributed by atoms with E-state index in [1.165, 1.54) is 12.3 Å². The quantitative estimate of drug-likeness (QED) is 0.368. The third-order valence-corrected chi connectivity index (χ3v) is 4.15. The molecule has 138 valence electrons. The Morgan fingerprint density at radius 1 is 0.893 bits per heavy atom. The van der Waals surface area contributed by atoms with Crippen LogP contribution in [0.5, 0.6) is 17.2 Å². The fourth-order valence-electron chi connectivity index (χ4n) is 2.77. The van der Waals surface area contributed by atoms with Gasteiger partial charge in [-0.3, -0.25) is 4.79 Å². The van der Waals surface area contributed by atoms with Crippen molar-refractivity contribution >= 4 is 16.9 Å². The number of hydrogen-bond acceptors (Lipinski definition) is 5. The normalized spacial score (nSPS) is 10.6. The second kappa shape index (κ2) is 7.40. The van der Waals surface area contributed by atoms with Gasteiger partial charge in [-0.25, -0.2) is 4.79 Å². The van der Waals surface area contributed by atoms with Gasteiger partial charge in [0.25, 0.3) is 0 Å². The summed E-state index contributed by atoms with van der Waals surface area (Å²) >= 11 is 0. The molecule has 1 heterocycles. The van der Waals surface area contributed by atoms with E-state index in [9.17, 15) is 9.59 Å². The second-order valence-electron chi connectivity index (χ2n) is 6.26. The SMILES string of the molecule is Cc1cccc(Oc2coc3cc(OC(=O)c4ccccc4)ccc3c2=O)c1. The van der Waals surface area contributed by atoms with Crippen LogP contribution in [0.2, 0.25) is 0 Å². The van der Waals surface area contributed by atoms with Crippen LogP contribution >= 0.6 is 0 Å². The molecule has 0 spiro atoms. The Morgan fingerprint density at radius 3 is 2.50 bits per heavy atom. The maximum Gasteiger partial charge on any atom is 0.343 e. The molecule has 0 bridgehead atoms. The van der Waals surface area contributed by atoms with Crippen molar-refractivity contribution in [3.8, 4) is 17.2 Å². The topological polar surface area (TPSA) is 65.7 Å². The van der Waals surface area contributed by atoms with E-state index in [0.717, 1.165) is 5.56 Å². The summed E-state index contributed by atoms with van der Waals surface area (Å²) in [6, 6.07) is 20.7. The van der Waals surface area contributed by atoms with Crippen LogP contribution in [-0.2, 0) is 0 Å².